The molecule has 4 aromatic rings. The second-order valence-electron chi connectivity index (χ2n) is 13.5. The predicted octanol–water partition coefficient (Wildman–Crippen LogP) is 15.5. The summed E-state index contributed by atoms with van der Waals surface area (Å²) in [5.74, 6) is 0. The standard InChI is InChI=1S/C26H24P2.2C9H8S6.2ClH.2Ni/c1-5-13-23(14-6-1)27(24-15-7-2-8-16-24)21-22-28(25-17-9-3-10-18-25)26-19-11-4-12-20-26;2*10-6-7(11)15-9(14-6)8-12-4-2-1-3-5(4)13-8;;;;/h1-20H,21-22H2;2*10-11H,1-3H2;2*1H;;/q;;;;;;+2/p-4. The summed E-state index contributed by atoms with van der Waals surface area (Å²) in [4.78, 5) is 6.36. The first-order chi connectivity index (χ1) is 29.8. The maximum absolute atomic E-state index is 5.19. The van der Waals surface area contributed by atoms with Crippen molar-refractivity contribution in [2.24, 2.45) is 0 Å². The number of rotatable bonds is 7. The molecule has 0 atom stereocenters. The van der Waals surface area contributed by atoms with Crippen molar-refractivity contribution in [2.45, 2.75) is 38.5 Å². The van der Waals surface area contributed by atoms with Crippen molar-refractivity contribution in [3.8, 4) is 0 Å². The zero-order chi connectivity index (χ0) is 42.6. The Hall–Kier alpha value is 1.43. The van der Waals surface area contributed by atoms with E-state index in [1.165, 1.54) is 89.0 Å². The molecule has 18 heteroatoms. The maximum Gasteiger partial charge on any atom is 0.101 e. The van der Waals surface area contributed by atoms with Crippen molar-refractivity contribution >= 4 is 202 Å². The summed E-state index contributed by atoms with van der Waals surface area (Å²) in [7, 11) is 7.84. The number of allylic oxidation sites excluding steroid dienone is 4. The van der Waals surface area contributed by atoms with Gasteiger partial charge in [0.15, 0.2) is 0 Å². The van der Waals surface area contributed by atoms with Gasteiger partial charge in [-0.15, -0.1) is 64.0 Å². The monoisotopic (exact) mass is 1200 g/mol. The van der Waals surface area contributed by atoms with Crippen molar-refractivity contribution in [1.82, 2.24) is 0 Å². The molecule has 10 rings (SSSR count). The first-order valence-corrected chi connectivity index (χ1v) is 33.4. The van der Waals surface area contributed by atoms with Crippen LogP contribution in [0.2, 0.25) is 0 Å². The van der Waals surface area contributed by atoms with Crippen LogP contribution in [-0.4, -0.2) is 12.3 Å². The average molecular weight is 1200 g/mol. The Balaban J connectivity index is 0.000000160. The molecular weight excluding hydrogens is 1160 g/mol. The van der Waals surface area contributed by atoms with Crippen LogP contribution in [0.3, 0.4) is 0 Å². The molecule has 0 nitrogen and oxygen atoms in total. The Morgan fingerprint density at radius 2 is 0.597 bits per heavy atom. The van der Waals surface area contributed by atoms with Crippen LogP contribution in [0.5, 0.6) is 0 Å². The van der Waals surface area contributed by atoms with Crippen molar-refractivity contribution in [3.05, 3.63) is 175 Å². The molecule has 4 heterocycles. The molecular formula is C44H38Cl2Ni2P2S12-2. The van der Waals surface area contributed by atoms with Crippen LogP contribution >= 0.6 is 130 Å². The van der Waals surface area contributed by atoms with E-state index in [-0.39, 0.29) is 16.5 Å². The van der Waals surface area contributed by atoms with E-state index < -0.39 is 15.8 Å². The maximum atomic E-state index is 5.19. The molecule has 0 spiro atoms. The molecule has 0 radical (unpaired) electrons. The fourth-order valence-electron chi connectivity index (χ4n) is 6.89. The summed E-state index contributed by atoms with van der Waals surface area (Å²) in [6.07, 6.45) is 10.3. The van der Waals surface area contributed by atoms with Crippen LogP contribution < -0.4 is 21.2 Å². The van der Waals surface area contributed by atoms with E-state index in [4.69, 9.17) is 70.9 Å². The second kappa shape index (κ2) is 27.6. The summed E-state index contributed by atoms with van der Waals surface area (Å²) in [6.45, 7) is 0. The number of hydrogen-bond acceptors (Lipinski definition) is 12. The van der Waals surface area contributed by atoms with E-state index in [1.54, 1.807) is 66.7 Å². The second-order valence-corrected chi connectivity index (χ2v) is 32.5. The van der Waals surface area contributed by atoms with E-state index in [1.807, 2.05) is 47.0 Å². The molecule has 4 aromatic carbocycles. The Kier molecular flexibility index (Phi) is 23.5. The Morgan fingerprint density at radius 1 is 0.387 bits per heavy atom. The largest absolute Gasteiger partial charge is 0.774 e. The fraction of sp³-hybridized carbons (Fsp3) is 0.182. The van der Waals surface area contributed by atoms with Gasteiger partial charge in [0.1, 0.15) is 12.3 Å². The number of thioether (sulfide) groups is 8. The van der Waals surface area contributed by atoms with Crippen LogP contribution in [0.25, 0.3) is 0 Å². The van der Waals surface area contributed by atoms with E-state index >= 15 is 0 Å². The molecule has 0 amide bonds. The zero-order valence-corrected chi connectivity index (χ0v) is 47.8. The first kappa shape index (κ1) is 52.8. The van der Waals surface area contributed by atoms with Crippen molar-refractivity contribution in [3.63, 3.8) is 0 Å². The molecule has 2 aliphatic carbocycles. The third-order valence-electron chi connectivity index (χ3n) is 9.62. The quantitative estimate of drug-likeness (QED) is 0.0983. The van der Waals surface area contributed by atoms with Gasteiger partial charge in [0, 0.05) is 36.1 Å². The molecule has 0 unspecified atom stereocenters. The van der Waals surface area contributed by atoms with Gasteiger partial charge >= 0.3 is 33.0 Å². The molecule has 0 saturated carbocycles. The molecule has 0 bridgehead atoms. The van der Waals surface area contributed by atoms with Crippen LogP contribution in [0.4, 0.5) is 0 Å². The molecule has 62 heavy (non-hydrogen) atoms. The van der Waals surface area contributed by atoms with E-state index in [9.17, 15) is 0 Å². The molecule has 0 saturated heterocycles. The molecule has 4 aliphatic heterocycles. The average Bonchev–Trinajstić information content (AvgIpc) is 4.15. The Morgan fingerprint density at radius 3 is 0.823 bits per heavy atom. The predicted molar refractivity (Wildman–Crippen MR) is 302 cm³/mol. The van der Waals surface area contributed by atoms with Gasteiger partial charge in [-0.3, -0.25) is 0 Å². The van der Waals surface area contributed by atoms with E-state index in [0.717, 1.165) is 16.9 Å². The van der Waals surface area contributed by atoms with Crippen LogP contribution in [-0.2, 0) is 79.7 Å². The Labute approximate surface area is 450 Å². The van der Waals surface area contributed by atoms with Crippen molar-refractivity contribution < 1.29 is 29.1 Å². The SMILES string of the molecule is [Cl][Ni][Cl].[Ni].[S-]C1=C([S-])SC(=C2SC3=C(CCC3)S2)S1.[S-]C1=C([S-])SC(=C2SC3=C(CCC3)S2)S1.c1ccc([PH+](CC[PH+](c2ccccc2)c2ccccc2)c2ccccc2)cc1. The molecule has 6 aliphatic rings. The van der Waals surface area contributed by atoms with Crippen molar-refractivity contribution in [1.29, 1.82) is 0 Å². The first-order valence-electron chi connectivity index (χ1n) is 19.1. The Bertz CT molecular complexity index is 2020. The topological polar surface area (TPSA) is 0 Å². The summed E-state index contributed by atoms with van der Waals surface area (Å²) in [6, 6.07) is 44.5. The minimum absolute atomic E-state index is 0. The van der Waals surface area contributed by atoms with E-state index in [2.05, 4.69) is 121 Å². The third kappa shape index (κ3) is 15.0. The van der Waals surface area contributed by atoms with Crippen LogP contribution in [0.1, 0.15) is 38.5 Å². The molecule has 332 valence electrons. The van der Waals surface area contributed by atoms with Gasteiger partial charge in [-0.05, 0) is 87.1 Å². The minimum Gasteiger partial charge on any atom is -0.774 e. The van der Waals surface area contributed by atoms with Crippen molar-refractivity contribution in [2.75, 3.05) is 12.3 Å². The molecule has 0 N–H and O–H groups in total. The number of halogens is 2. The van der Waals surface area contributed by atoms with Gasteiger partial charge in [0.05, 0.1) is 54.0 Å². The van der Waals surface area contributed by atoms with E-state index in [0.29, 0.717) is 12.7 Å². The normalized spacial score (nSPS) is 17.9. The van der Waals surface area contributed by atoms with Gasteiger partial charge in [-0.2, -0.15) is 0 Å². The summed E-state index contributed by atoms with van der Waals surface area (Å²) in [5.41, 5.74) is 0. The fourth-order valence-corrected chi connectivity index (χ4v) is 25.5. The summed E-state index contributed by atoms with van der Waals surface area (Å²) >= 11 is 35.8. The smallest absolute Gasteiger partial charge is 0.101 e. The summed E-state index contributed by atoms with van der Waals surface area (Å²) in [5, 5.41) is 6.06. The summed E-state index contributed by atoms with van der Waals surface area (Å²) < 4.78 is 8.98. The van der Waals surface area contributed by atoms with Gasteiger partial charge in [-0.25, -0.2) is 0 Å². The van der Waals surface area contributed by atoms with Crippen LogP contribution in [0, 0.1) is 0 Å². The van der Waals surface area contributed by atoms with Crippen LogP contribution in [0.15, 0.2) is 175 Å². The third-order valence-corrected chi connectivity index (χ3v) is 29.3. The van der Waals surface area contributed by atoms with Gasteiger partial charge in [-0.1, -0.05) is 120 Å². The van der Waals surface area contributed by atoms with Gasteiger partial charge in [0.2, 0.25) is 0 Å². The minimum atomic E-state index is -0.783. The van der Waals surface area contributed by atoms with Gasteiger partial charge < -0.3 is 50.5 Å². The molecule has 0 fully saturated rings. The number of hydrogen-bond donors (Lipinski definition) is 0. The molecule has 0 aromatic heterocycles. The number of benzene rings is 4. The zero-order valence-electron chi connectivity index (χ0n) is 32.5. The van der Waals surface area contributed by atoms with Gasteiger partial charge in [0.25, 0.3) is 0 Å².